The standard InChI is InChI=1S/C12H8BrClS2/c13-7-1-3-11(15)9(5-7)10-6-8(14)2-4-12(10)16/h1-6,15-16H. The summed E-state index contributed by atoms with van der Waals surface area (Å²) in [7, 11) is 0. The molecule has 0 aliphatic heterocycles. The van der Waals surface area contributed by atoms with Gasteiger partial charge in [0, 0.05) is 19.3 Å². The van der Waals surface area contributed by atoms with Gasteiger partial charge in [-0.1, -0.05) is 27.5 Å². The Hall–Kier alpha value is -0.0900. The Morgan fingerprint density at radius 2 is 1.44 bits per heavy atom. The molecule has 0 saturated heterocycles. The number of rotatable bonds is 1. The molecule has 16 heavy (non-hydrogen) atoms. The van der Waals surface area contributed by atoms with Crippen LogP contribution in [0.15, 0.2) is 50.7 Å². The third-order valence-electron chi connectivity index (χ3n) is 2.21. The van der Waals surface area contributed by atoms with Gasteiger partial charge in [0.1, 0.15) is 0 Å². The van der Waals surface area contributed by atoms with Crippen LogP contribution < -0.4 is 0 Å². The Balaban J connectivity index is 2.66. The van der Waals surface area contributed by atoms with Crippen LogP contribution in [0.2, 0.25) is 5.02 Å². The van der Waals surface area contributed by atoms with Crippen molar-refractivity contribution in [1.29, 1.82) is 0 Å². The molecule has 0 atom stereocenters. The fourth-order valence-electron chi connectivity index (χ4n) is 1.45. The molecule has 0 aromatic heterocycles. The summed E-state index contributed by atoms with van der Waals surface area (Å²) in [6, 6.07) is 11.5. The van der Waals surface area contributed by atoms with E-state index in [4.69, 9.17) is 11.6 Å². The maximum absolute atomic E-state index is 5.99. The molecule has 0 saturated carbocycles. The van der Waals surface area contributed by atoms with Crippen molar-refractivity contribution >= 4 is 52.8 Å². The number of halogens is 2. The maximum Gasteiger partial charge on any atom is 0.0412 e. The van der Waals surface area contributed by atoms with Gasteiger partial charge in [-0.15, -0.1) is 25.3 Å². The van der Waals surface area contributed by atoms with E-state index in [1.54, 1.807) is 0 Å². The number of benzene rings is 2. The van der Waals surface area contributed by atoms with Crippen LogP contribution >= 0.6 is 52.8 Å². The lowest BCUT2D eigenvalue weighted by molar-refractivity contribution is 1.38. The Morgan fingerprint density at radius 3 is 2.12 bits per heavy atom. The molecular formula is C12H8BrClS2. The molecular weight excluding hydrogens is 324 g/mol. The van der Waals surface area contributed by atoms with Gasteiger partial charge in [0.2, 0.25) is 0 Å². The van der Waals surface area contributed by atoms with E-state index in [2.05, 4.69) is 41.2 Å². The van der Waals surface area contributed by atoms with Crippen molar-refractivity contribution in [3.05, 3.63) is 45.9 Å². The second-order valence-electron chi connectivity index (χ2n) is 3.32. The second-order valence-corrected chi connectivity index (χ2v) is 5.64. The maximum atomic E-state index is 5.99. The summed E-state index contributed by atoms with van der Waals surface area (Å²) in [6.07, 6.45) is 0. The van der Waals surface area contributed by atoms with Gasteiger partial charge < -0.3 is 0 Å². The van der Waals surface area contributed by atoms with Crippen molar-refractivity contribution in [3.63, 3.8) is 0 Å². The molecule has 0 aliphatic rings. The Kier molecular flexibility index (Phi) is 3.90. The summed E-state index contributed by atoms with van der Waals surface area (Å²) >= 11 is 18.3. The van der Waals surface area contributed by atoms with E-state index in [0.717, 1.165) is 25.4 Å². The highest BCUT2D eigenvalue weighted by Gasteiger charge is 2.07. The lowest BCUT2D eigenvalue weighted by atomic mass is 10.1. The zero-order valence-corrected chi connectivity index (χ0v) is 12.2. The van der Waals surface area contributed by atoms with Gasteiger partial charge in [0.15, 0.2) is 0 Å². The first-order valence-corrected chi connectivity index (χ1v) is 6.62. The number of hydrogen-bond acceptors (Lipinski definition) is 2. The van der Waals surface area contributed by atoms with Gasteiger partial charge in [0.25, 0.3) is 0 Å². The van der Waals surface area contributed by atoms with Gasteiger partial charge in [-0.05, 0) is 47.5 Å². The molecule has 0 radical (unpaired) electrons. The molecule has 0 unspecified atom stereocenters. The summed E-state index contributed by atoms with van der Waals surface area (Å²) < 4.78 is 1.01. The highest BCUT2D eigenvalue weighted by Crippen LogP contribution is 2.34. The third-order valence-corrected chi connectivity index (χ3v) is 3.72. The van der Waals surface area contributed by atoms with Crippen LogP contribution in [-0.2, 0) is 0 Å². The van der Waals surface area contributed by atoms with Crippen molar-refractivity contribution in [3.8, 4) is 11.1 Å². The fraction of sp³-hybridized carbons (Fsp3) is 0. The zero-order chi connectivity index (χ0) is 11.7. The summed E-state index contributed by atoms with van der Waals surface area (Å²) in [6.45, 7) is 0. The smallest absolute Gasteiger partial charge is 0.0412 e. The van der Waals surface area contributed by atoms with E-state index in [1.807, 2.05) is 36.4 Å². The normalized spacial score (nSPS) is 10.5. The molecule has 0 nitrogen and oxygen atoms in total. The van der Waals surface area contributed by atoms with Gasteiger partial charge in [-0.3, -0.25) is 0 Å². The van der Waals surface area contributed by atoms with Crippen LogP contribution in [0.5, 0.6) is 0 Å². The third kappa shape index (κ3) is 2.59. The molecule has 82 valence electrons. The van der Waals surface area contributed by atoms with Crippen LogP contribution in [0.1, 0.15) is 0 Å². The van der Waals surface area contributed by atoms with E-state index < -0.39 is 0 Å². The fourth-order valence-corrected chi connectivity index (χ4v) is 2.50. The first-order chi connectivity index (χ1) is 7.58. The highest BCUT2D eigenvalue weighted by atomic mass is 79.9. The van der Waals surface area contributed by atoms with Crippen LogP contribution in [0, 0.1) is 0 Å². The van der Waals surface area contributed by atoms with E-state index in [0.29, 0.717) is 5.02 Å². The minimum atomic E-state index is 0.695. The molecule has 2 rings (SSSR count). The monoisotopic (exact) mass is 330 g/mol. The number of hydrogen-bond donors (Lipinski definition) is 2. The first kappa shape index (κ1) is 12.4. The molecule has 0 bridgehead atoms. The van der Waals surface area contributed by atoms with Crippen LogP contribution in [0.3, 0.4) is 0 Å². The van der Waals surface area contributed by atoms with Crippen molar-refractivity contribution in [1.82, 2.24) is 0 Å². The van der Waals surface area contributed by atoms with Crippen molar-refractivity contribution in [2.75, 3.05) is 0 Å². The Labute approximate surface area is 119 Å². The van der Waals surface area contributed by atoms with Crippen LogP contribution in [0.4, 0.5) is 0 Å². The second kappa shape index (κ2) is 5.05. The summed E-state index contributed by atoms with van der Waals surface area (Å²) in [4.78, 5) is 1.79. The highest BCUT2D eigenvalue weighted by molar-refractivity contribution is 9.10. The Bertz CT molecular complexity index is 491. The lowest BCUT2D eigenvalue weighted by Gasteiger charge is -2.09. The predicted molar refractivity (Wildman–Crippen MR) is 79.1 cm³/mol. The molecule has 0 spiro atoms. The SMILES string of the molecule is Sc1ccc(Cl)cc1-c1cc(Br)ccc1S. The molecule has 0 fully saturated rings. The first-order valence-electron chi connectivity index (χ1n) is 4.55. The van der Waals surface area contributed by atoms with E-state index in [9.17, 15) is 0 Å². The average molecular weight is 332 g/mol. The van der Waals surface area contributed by atoms with Crippen molar-refractivity contribution < 1.29 is 0 Å². The predicted octanol–water partition coefficient (Wildman–Crippen LogP) is 5.35. The van der Waals surface area contributed by atoms with Crippen LogP contribution in [-0.4, -0.2) is 0 Å². The Morgan fingerprint density at radius 1 is 0.875 bits per heavy atom. The summed E-state index contributed by atoms with van der Waals surface area (Å²) in [5, 5.41) is 0.695. The topological polar surface area (TPSA) is 0 Å². The molecule has 0 N–H and O–H groups in total. The molecule has 4 heteroatoms. The largest absolute Gasteiger partial charge is 0.143 e. The molecule has 0 amide bonds. The van der Waals surface area contributed by atoms with E-state index >= 15 is 0 Å². The molecule has 2 aromatic carbocycles. The molecule has 0 heterocycles. The average Bonchev–Trinajstić information content (AvgIpc) is 2.25. The van der Waals surface area contributed by atoms with E-state index in [1.165, 1.54) is 0 Å². The minimum Gasteiger partial charge on any atom is -0.143 e. The minimum absolute atomic E-state index is 0.695. The zero-order valence-electron chi connectivity index (χ0n) is 8.11. The molecule has 2 aromatic rings. The summed E-state index contributed by atoms with van der Waals surface area (Å²) in [5.74, 6) is 0. The molecule has 0 aliphatic carbocycles. The van der Waals surface area contributed by atoms with Gasteiger partial charge >= 0.3 is 0 Å². The lowest BCUT2D eigenvalue weighted by Crippen LogP contribution is -1.83. The quantitative estimate of drug-likeness (QED) is 0.647. The van der Waals surface area contributed by atoms with E-state index in [-0.39, 0.29) is 0 Å². The van der Waals surface area contributed by atoms with Crippen molar-refractivity contribution in [2.45, 2.75) is 9.79 Å². The van der Waals surface area contributed by atoms with Gasteiger partial charge in [0.05, 0.1) is 0 Å². The van der Waals surface area contributed by atoms with Gasteiger partial charge in [-0.2, -0.15) is 0 Å². The van der Waals surface area contributed by atoms with Crippen molar-refractivity contribution in [2.24, 2.45) is 0 Å². The summed E-state index contributed by atoms with van der Waals surface area (Å²) in [5.41, 5.74) is 2.01. The number of thiol groups is 2. The van der Waals surface area contributed by atoms with Crippen LogP contribution in [0.25, 0.3) is 11.1 Å². The van der Waals surface area contributed by atoms with Gasteiger partial charge in [-0.25, -0.2) is 0 Å².